The Morgan fingerprint density at radius 3 is 2.37 bits per heavy atom. The summed E-state index contributed by atoms with van der Waals surface area (Å²) in [5.41, 5.74) is 0. The van der Waals surface area contributed by atoms with Gasteiger partial charge >= 0.3 is 6.09 Å². The third kappa shape index (κ3) is 4.90. The molecule has 3 fully saturated rings. The van der Waals surface area contributed by atoms with Crippen molar-refractivity contribution in [3.05, 3.63) is 0 Å². The molecule has 2 aliphatic carbocycles. The van der Waals surface area contributed by atoms with E-state index in [9.17, 15) is 18.0 Å². The van der Waals surface area contributed by atoms with Crippen LogP contribution in [0.1, 0.15) is 59.3 Å². The number of amides is 2. The molecule has 0 aromatic heterocycles. The summed E-state index contributed by atoms with van der Waals surface area (Å²) >= 11 is 6.47. The zero-order chi connectivity index (χ0) is 22.2. The molecule has 1 aliphatic heterocycles. The van der Waals surface area contributed by atoms with Crippen LogP contribution in [0, 0.1) is 11.8 Å². The van der Waals surface area contributed by atoms with Crippen molar-refractivity contribution in [3.63, 3.8) is 0 Å². The number of carbonyl (C=O) groups is 2. The summed E-state index contributed by atoms with van der Waals surface area (Å²) < 4.78 is 29.7. The van der Waals surface area contributed by atoms with Gasteiger partial charge in [-0.1, -0.05) is 0 Å². The Kier molecular flexibility index (Phi) is 7.27. The minimum Gasteiger partial charge on any atom is -0.450 e. The number of hydrogen-bond donors (Lipinski definition) is 0. The monoisotopic (exact) mass is 462 g/mol. The minimum atomic E-state index is -3.13. The molecule has 1 saturated heterocycles. The molecule has 2 saturated carbocycles. The number of halogens is 1. The van der Waals surface area contributed by atoms with Crippen LogP contribution in [-0.4, -0.2) is 78.4 Å². The van der Waals surface area contributed by atoms with Crippen LogP contribution in [0.5, 0.6) is 0 Å². The molecule has 0 radical (unpaired) electrons. The minimum absolute atomic E-state index is 0.0204. The van der Waals surface area contributed by atoms with Gasteiger partial charge in [-0.15, -0.1) is 11.6 Å². The van der Waals surface area contributed by atoms with Crippen molar-refractivity contribution in [1.29, 1.82) is 0 Å². The quantitative estimate of drug-likeness (QED) is 0.602. The largest absolute Gasteiger partial charge is 0.450 e. The standard InChI is InChI=1S/C21H35ClN2O5S/c1-5-29-21(26)23-12-13(2)24(14(3)25)19-7-6-15(10-20(19)23)16-8-17(22)11-18(9-16)30(4,27)28/h13,15-20H,5-12H2,1-4H3/t13-,15?,16?,17?,18?,19?,20?/m0/s1. The highest BCUT2D eigenvalue weighted by Gasteiger charge is 2.48. The number of sulfone groups is 1. The van der Waals surface area contributed by atoms with Gasteiger partial charge in [0, 0.05) is 31.1 Å². The van der Waals surface area contributed by atoms with Crippen LogP contribution >= 0.6 is 11.6 Å². The number of hydrogen-bond acceptors (Lipinski definition) is 5. The summed E-state index contributed by atoms with van der Waals surface area (Å²) in [7, 11) is -3.13. The average molecular weight is 463 g/mol. The first kappa shape index (κ1) is 23.6. The van der Waals surface area contributed by atoms with E-state index in [2.05, 4.69) is 0 Å². The lowest BCUT2D eigenvalue weighted by Crippen LogP contribution is -2.67. The van der Waals surface area contributed by atoms with Crippen molar-refractivity contribution in [1.82, 2.24) is 9.80 Å². The predicted octanol–water partition coefficient (Wildman–Crippen LogP) is 3.05. The summed E-state index contributed by atoms with van der Waals surface area (Å²) in [5.74, 6) is 0.544. The van der Waals surface area contributed by atoms with Crippen molar-refractivity contribution in [3.8, 4) is 0 Å². The third-order valence-corrected chi connectivity index (χ3v) is 9.25. The molecule has 0 aromatic rings. The molecule has 3 rings (SSSR count). The van der Waals surface area contributed by atoms with Crippen LogP contribution in [0.2, 0.25) is 0 Å². The number of fused-ring (bicyclic) bond motifs is 1. The molecule has 7 atom stereocenters. The van der Waals surface area contributed by atoms with E-state index in [1.807, 2.05) is 11.8 Å². The first-order valence-electron chi connectivity index (χ1n) is 11.1. The summed E-state index contributed by atoms with van der Waals surface area (Å²) in [5, 5.41) is -0.528. The van der Waals surface area contributed by atoms with Crippen molar-refractivity contribution in [2.75, 3.05) is 19.4 Å². The molecular weight excluding hydrogens is 428 g/mol. The lowest BCUT2D eigenvalue weighted by molar-refractivity contribution is -0.142. The second-order valence-electron chi connectivity index (χ2n) is 9.35. The van der Waals surface area contributed by atoms with Crippen LogP contribution in [0.15, 0.2) is 0 Å². The van der Waals surface area contributed by atoms with Gasteiger partial charge in [-0.25, -0.2) is 13.2 Å². The smallest absolute Gasteiger partial charge is 0.410 e. The van der Waals surface area contributed by atoms with Gasteiger partial charge in [0.2, 0.25) is 5.91 Å². The van der Waals surface area contributed by atoms with E-state index in [4.69, 9.17) is 16.3 Å². The molecule has 0 bridgehead atoms. The topological polar surface area (TPSA) is 84.0 Å². The van der Waals surface area contributed by atoms with Crippen molar-refractivity contribution < 1.29 is 22.7 Å². The number of rotatable bonds is 3. The SMILES string of the molecule is CCOC(=O)N1C[C@H](C)N(C(C)=O)C2CCC(C3CC(Cl)CC(S(C)(=O)=O)C3)CC21. The van der Waals surface area contributed by atoms with Crippen molar-refractivity contribution in [2.24, 2.45) is 11.8 Å². The van der Waals surface area contributed by atoms with E-state index in [0.29, 0.717) is 26.0 Å². The Hall–Kier alpha value is -1.02. The Morgan fingerprint density at radius 2 is 1.77 bits per heavy atom. The van der Waals surface area contributed by atoms with Crippen LogP contribution in [0.3, 0.4) is 0 Å². The Labute approximate surface area is 185 Å². The van der Waals surface area contributed by atoms with E-state index in [-0.39, 0.29) is 47.3 Å². The Morgan fingerprint density at radius 1 is 1.07 bits per heavy atom. The highest BCUT2D eigenvalue weighted by molar-refractivity contribution is 7.91. The van der Waals surface area contributed by atoms with Gasteiger partial charge in [0.25, 0.3) is 0 Å². The predicted molar refractivity (Wildman–Crippen MR) is 116 cm³/mol. The zero-order valence-electron chi connectivity index (χ0n) is 18.4. The molecule has 7 nitrogen and oxygen atoms in total. The highest BCUT2D eigenvalue weighted by Crippen LogP contribution is 2.44. The van der Waals surface area contributed by atoms with E-state index < -0.39 is 15.1 Å². The summed E-state index contributed by atoms with van der Waals surface area (Å²) in [6.07, 6.45) is 5.41. The van der Waals surface area contributed by atoms with E-state index in [1.165, 1.54) is 6.26 Å². The Bertz CT molecular complexity index is 760. The van der Waals surface area contributed by atoms with E-state index in [1.54, 1.807) is 18.7 Å². The van der Waals surface area contributed by atoms with Gasteiger partial charge in [0.15, 0.2) is 0 Å². The van der Waals surface area contributed by atoms with Crippen LogP contribution in [0.25, 0.3) is 0 Å². The van der Waals surface area contributed by atoms with Gasteiger partial charge in [-0.05, 0) is 64.2 Å². The van der Waals surface area contributed by atoms with Crippen molar-refractivity contribution >= 4 is 33.4 Å². The lowest BCUT2D eigenvalue weighted by Gasteiger charge is -2.54. The maximum absolute atomic E-state index is 12.7. The third-order valence-electron chi connectivity index (χ3n) is 7.30. The van der Waals surface area contributed by atoms with Gasteiger partial charge in [-0.2, -0.15) is 0 Å². The average Bonchev–Trinajstić information content (AvgIpc) is 2.65. The second kappa shape index (κ2) is 9.23. The number of alkyl halides is 1. The molecule has 30 heavy (non-hydrogen) atoms. The molecule has 9 heteroatoms. The van der Waals surface area contributed by atoms with Crippen LogP contribution in [0.4, 0.5) is 4.79 Å². The van der Waals surface area contributed by atoms with E-state index in [0.717, 1.165) is 25.7 Å². The molecule has 172 valence electrons. The van der Waals surface area contributed by atoms with Crippen molar-refractivity contribution in [2.45, 2.75) is 88.0 Å². The molecular formula is C21H35ClN2O5S. The summed E-state index contributed by atoms with van der Waals surface area (Å²) in [6, 6.07) is -0.176. The summed E-state index contributed by atoms with van der Waals surface area (Å²) in [4.78, 5) is 28.8. The number of carbonyl (C=O) groups excluding carboxylic acids is 2. The van der Waals surface area contributed by atoms with Gasteiger partial charge in [0.05, 0.1) is 23.9 Å². The second-order valence-corrected chi connectivity index (χ2v) is 12.3. The first-order chi connectivity index (χ1) is 14.0. The van der Waals surface area contributed by atoms with E-state index >= 15 is 0 Å². The Balaban J connectivity index is 1.82. The first-order valence-corrected chi connectivity index (χ1v) is 13.5. The highest BCUT2D eigenvalue weighted by atomic mass is 35.5. The number of ether oxygens (including phenoxy) is 1. The van der Waals surface area contributed by atoms with Crippen LogP contribution in [-0.2, 0) is 19.4 Å². The molecule has 2 amide bonds. The zero-order valence-corrected chi connectivity index (χ0v) is 20.0. The summed E-state index contributed by atoms with van der Waals surface area (Å²) in [6.45, 7) is 6.14. The normalized spacial score (nSPS) is 37.4. The number of piperazine rings is 1. The van der Waals surface area contributed by atoms with Crippen LogP contribution < -0.4 is 0 Å². The van der Waals surface area contributed by atoms with Gasteiger partial charge < -0.3 is 14.5 Å². The molecule has 1 heterocycles. The molecule has 0 spiro atoms. The molecule has 0 N–H and O–H groups in total. The fraction of sp³-hybridized carbons (Fsp3) is 0.905. The maximum atomic E-state index is 12.7. The van der Waals surface area contributed by atoms with Gasteiger partial charge in [-0.3, -0.25) is 4.79 Å². The van der Waals surface area contributed by atoms with Gasteiger partial charge in [0.1, 0.15) is 9.84 Å². The maximum Gasteiger partial charge on any atom is 0.410 e. The molecule has 6 unspecified atom stereocenters. The molecule has 3 aliphatic rings. The lowest BCUT2D eigenvalue weighted by atomic mass is 9.69. The number of nitrogens with zero attached hydrogens (tertiary/aromatic N) is 2. The fourth-order valence-electron chi connectivity index (χ4n) is 6.02. The fourth-order valence-corrected chi connectivity index (χ4v) is 7.75. The molecule has 0 aromatic carbocycles.